The van der Waals surface area contributed by atoms with E-state index in [1.807, 2.05) is 44.2 Å². The van der Waals surface area contributed by atoms with Crippen molar-refractivity contribution >= 4 is 75.1 Å². The summed E-state index contributed by atoms with van der Waals surface area (Å²) in [6.45, 7) is 2.56. The van der Waals surface area contributed by atoms with Gasteiger partial charge in [-0.1, -0.05) is 53.0 Å². The molecule has 0 unspecified atom stereocenters. The molecule has 6 nitrogen and oxygen atoms in total. The molecule has 0 spiro atoms. The van der Waals surface area contributed by atoms with Crippen LogP contribution in [0.1, 0.15) is 11.1 Å². The maximum absolute atomic E-state index is 12.5. The fourth-order valence-electron chi connectivity index (χ4n) is 2.33. The van der Waals surface area contributed by atoms with Gasteiger partial charge in [-0.05, 0) is 61.5 Å². The molecule has 1 amide bonds. The second kappa shape index (κ2) is 10.9. The number of thiocarbonyl (C=S) groups is 1. The van der Waals surface area contributed by atoms with Crippen LogP contribution >= 0.6 is 47.0 Å². The van der Waals surface area contributed by atoms with Crippen LogP contribution in [0.5, 0.6) is 0 Å². The van der Waals surface area contributed by atoms with Gasteiger partial charge in [-0.3, -0.25) is 4.79 Å². The number of halogens is 4. The summed E-state index contributed by atoms with van der Waals surface area (Å²) in [5.74, 6) is -0.943. The van der Waals surface area contributed by atoms with Gasteiger partial charge in [0.05, 0.1) is 11.4 Å². The Bertz CT molecular complexity index is 952. The standard InChI is InChI=1S/C19H19Cl3FN5OS/c1-11-5-3-4-6-15(11)28-27-13-7-8-14(12(2)9-13)24-18(30)26-17(19(20,21)22)25-16(29)10-23/h3-9,17H,10H2,1-2H3,(H,25,29)(H2,24,26,30)/t17-/m1/s1. The first-order valence-electron chi connectivity index (χ1n) is 8.67. The number of benzene rings is 2. The zero-order valence-corrected chi connectivity index (χ0v) is 19.1. The molecule has 3 N–H and O–H groups in total. The van der Waals surface area contributed by atoms with E-state index in [0.717, 1.165) is 16.8 Å². The molecular weight excluding hydrogens is 472 g/mol. The van der Waals surface area contributed by atoms with E-state index < -0.39 is 22.5 Å². The van der Waals surface area contributed by atoms with Crippen LogP contribution in [0.25, 0.3) is 0 Å². The summed E-state index contributed by atoms with van der Waals surface area (Å²) < 4.78 is 10.5. The lowest BCUT2D eigenvalue weighted by Gasteiger charge is -2.27. The molecule has 0 bridgehead atoms. The van der Waals surface area contributed by atoms with Gasteiger partial charge in [0, 0.05) is 5.69 Å². The minimum atomic E-state index is -1.95. The van der Waals surface area contributed by atoms with Gasteiger partial charge in [-0.25, -0.2) is 4.39 Å². The van der Waals surface area contributed by atoms with Crippen molar-refractivity contribution in [1.82, 2.24) is 10.6 Å². The molecule has 0 saturated carbocycles. The number of nitrogens with one attached hydrogen (secondary N) is 3. The monoisotopic (exact) mass is 489 g/mol. The summed E-state index contributed by atoms with van der Waals surface area (Å²) in [5.41, 5.74) is 3.97. The number of aryl methyl sites for hydroxylation is 2. The topological polar surface area (TPSA) is 77.9 Å². The number of anilines is 1. The van der Waals surface area contributed by atoms with Crippen LogP contribution in [0, 0.1) is 13.8 Å². The Hall–Kier alpha value is -2.00. The number of rotatable bonds is 6. The summed E-state index contributed by atoms with van der Waals surface area (Å²) in [6, 6.07) is 13.0. The number of hydrogen-bond donors (Lipinski definition) is 3. The van der Waals surface area contributed by atoms with E-state index in [0.29, 0.717) is 11.4 Å². The Balaban J connectivity index is 2.07. The van der Waals surface area contributed by atoms with Gasteiger partial charge in [0.15, 0.2) is 11.8 Å². The molecule has 0 aliphatic carbocycles. The molecule has 11 heteroatoms. The predicted octanol–water partition coefficient (Wildman–Crippen LogP) is 5.79. The summed E-state index contributed by atoms with van der Waals surface area (Å²) in [4.78, 5) is 11.3. The van der Waals surface area contributed by atoms with Gasteiger partial charge in [0.25, 0.3) is 5.91 Å². The van der Waals surface area contributed by atoms with Gasteiger partial charge in [0.1, 0.15) is 6.17 Å². The molecule has 160 valence electrons. The maximum Gasteiger partial charge on any atom is 0.253 e. The third-order valence-electron chi connectivity index (χ3n) is 3.88. The van der Waals surface area contributed by atoms with Crippen molar-refractivity contribution in [3.05, 3.63) is 53.6 Å². The molecule has 0 heterocycles. The first-order chi connectivity index (χ1) is 14.1. The molecule has 0 radical (unpaired) electrons. The first-order valence-corrected chi connectivity index (χ1v) is 10.2. The fourth-order valence-corrected chi connectivity index (χ4v) is 2.88. The highest BCUT2D eigenvalue weighted by atomic mass is 35.6. The Morgan fingerprint density at radius 3 is 2.40 bits per heavy atom. The van der Waals surface area contributed by atoms with Gasteiger partial charge in [-0.15, -0.1) is 0 Å². The van der Waals surface area contributed by atoms with Crippen molar-refractivity contribution in [1.29, 1.82) is 0 Å². The summed E-state index contributed by atoms with van der Waals surface area (Å²) in [7, 11) is 0. The highest BCUT2D eigenvalue weighted by Gasteiger charge is 2.34. The van der Waals surface area contributed by atoms with Gasteiger partial charge in [-0.2, -0.15) is 10.2 Å². The van der Waals surface area contributed by atoms with Crippen molar-refractivity contribution in [2.45, 2.75) is 23.8 Å². The second-order valence-corrected chi connectivity index (χ2v) is 9.04. The highest BCUT2D eigenvalue weighted by Crippen LogP contribution is 2.29. The molecule has 0 fully saturated rings. The van der Waals surface area contributed by atoms with Gasteiger partial charge >= 0.3 is 0 Å². The van der Waals surface area contributed by atoms with Crippen molar-refractivity contribution in [2.24, 2.45) is 10.2 Å². The zero-order chi connectivity index (χ0) is 22.3. The van der Waals surface area contributed by atoms with Crippen LogP contribution in [0.4, 0.5) is 21.5 Å². The number of carbonyl (C=O) groups excluding carboxylic acids is 1. The van der Waals surface area contributed by atoms with Crippen LogP contribution in [0.15, 0.2) is 52.7 Å². The molecule has 30 heavy (non-hydrogen) atoms. The van der Waals surface area contributed by atoms with Crippen LogP contribution in [-0.4, -0.2) is 27.7 Å². The van der Waals surface area contributed by atoms with E-state index in [4.69, 9.17) is 47.0 Å². The maximum atomic E-state index is 12.5. The van der Waals surface area contributed by atoms with Crippen molar-refractivity contribution < 1.29 is 9.18 Å². The number of azo groups is 1. The number of nitrogens with zero attached hydrogens (tertiary/aromatic N) is 2. The average molecular weight is 491 g/mol. The van der Waals surface area contributed by atoms with Crippen molar-refractivity contribution in [2.75, 3.05) is 12.0 Å². The molecular formula is C19H19Cl3FN5OS. The van der Waals surface area contributed by atoms with Crippen molar-refractivity contribution in [3.8, 4) is 0 Å². The normalized spacial score (nSPS) is 12.5. The number of hydrogen-bond acceptors (Lipinski definition) is 4. The van der Waals surface area contributed by atoms with Crippen LogP contribution < -0.4 is 16.0 Å². The summed E-state index contributed by atoms with van der Waals surface area (Å²) in [6.07, 6.45) is -1.23. The minimum absolute atomic E-state index is 0.0721. The fraction of sp³-hybridized carbons (Fsp3) is 0.263. The van der Waals surface area contributed by atoms with E-state index in [1.165, 1.54) is 0 Å². The number of alkyl halides is 4. The Morgan fingerprint density at radius 2 is 1.80 bits per heavy atom. The predicted molar refractivity (Wildman–Crippen MR) is 124 cm³/mol. The lowest BCUT2D eigenvalue weighted by Crippen LogP contribution is -2.56. The molecule has 0 aromatic heterocycles. The van der Waals surface area contributed by atoms with Gasteiger partial charge < -0.3 is 16.0 Å². The molecule has 2 aromatic carbocycles. The lowest BCUT2D eigenvalue weighted by molar-refractivity contribution is -0.122. The lowest BCUT2D eigenvalue weighted by atomic mass is 10.2. The Morgan fingerprint density at radius 1 is 1.10 bits per heavy atom. The average Bonchev–Trinajstić information content (AvgIpc) is 2.68. The first kappa shape index (κ1) is 24.3. The quantitative estimate of drug-likeness (QED) is 0.207. The number of amides is 1. The Labute approximate surface area is 194 Å². The molecule has 2 rings (SSSR count). The third-order valence-corrected chi connectivity index (χ3v) is 4.75. The second-order valence-electron chi connectivity index (χ2n) is 6.26. The highest BCUT2D eigenvalue weighted by molar-refractivity contribution is 7.80. The third kappa shape index (κ3) is 7.36. The number of carbonyl (C=O) groups is 1. The minimum Gasteiger partial charge on any atom is -0.339 e. The summed E-state index contributed by atoms with van der Waals surface area (Å²) >= 11 is 22.7. The smallest absolute Gasteiger partial charge is 0.253 e. The van der Waals surface area contributed by atoms with Crippen LogP contribution in [0.3, 0.4) is 0 Å². The van der Waals surface area contributed by atoms with Gasteiger partial charge in [0.2, 0.25) is 3.79 Å². The molecule has 1 atom stereocenters. The SMILES string of the molecule is Cc1ccccc1N=Nc1ccc(NC(=S)N[C@@H](NC(=O)CF)C(Cl)(Cl)Cl)c(C)c1. The zero-order valence-electron chi connectivity index (χ0n) is 16.0. The van der Waals surface area contributed by atoms with E-state index >= 15 is 0 Å². The van der Waals surface area contributed by atoms with E-state index in [1.54, 1.807) is 12.1 Å². The molecule has 0 aliphatic rings. The van der Waals surface area contributed by atoms with E-state index in [-0.39, 0.29) is 5.11 Å². The Kier molecular flexibility index (Phi) is 8.78. The summed E-state index contributed by atoms with van der Waals surface area (Å²) in [5, 5.41) is 16.4. The van der Waals surface area contributed by atoms with Crippen molar-refractivity contribution in [3.63, 3.8) is 0 Å². The molecule has 2 aromatic rings. The van der Waals surface area contributed by atoms with Crippen LogP contribution in [-0.2, 0) is 4.79 Å². The van der Waals surface area contributed by atoms with E-state index in [9.17, 15) is 9.18 Å². The van der Waals surface area contributed by atoms with E-state index in [2.05, 4.69) is 26.2 Å². The van der Waals surface area contributed by atoms with Crippen LogP contribution in [0.2, 0.25) is 0 Å². The molecule has 0 aliphatic heterocycles. The largest absolute Gasteiger partial charge is 0.339 e. The molecule has 0 saturated heterocycles.